The normalized spacial score (nSPS) is 43.2. The summed E-state index contributed by atoms with van der Waals surface area (Å²) in [5.74, 6) is -0.524. The summed E-state index contributed by atoms with van der Waals surface area (Å²) in [4.78, 5) is 11.7. The first kappa shape index (κ1) is 13.3. The van der Waals surface area contributed by atoms with Crippen molar-refractivity contribution in [1.29, 1.82) is 0 Å². The first-order valence-electron chi connectivity index (χ1n) is 6.70. The second kappa shape index (κ2) is 5.27. The molecule has 0 bridgehead atoms. The van der Waals surface area contributed by atoms with Crippen LogP contribution in [0.1, 0.15) is 40.0 Å². The van der Waals surface area contributed by atoms with Crippen LogP contribution in [0.3, 0.4) is 0 Å². The van der Waals surface area contributed by atoms with Crippen LogP contribution in [0.2, 0.25) is 0 Å². The number of carbonyl (C=O) groups excluding carboxylic acids is 1. The molecule has 0 aromatic heterocycles. The van der Waals surface area contributed by atoms with Crippen molar-refractivity contribution in [2.24, 2.45) is 11.8 Å². The van der Waals surface area contributed by atoms with Crippen LogP contribution in [0.15, 0.2) is 23.3 Å². The first-order valence-corrected chi connectivity index (χ1v) is 6.70. The Morgan fingerprint density at radius 1 is 1.33 bits per heavy atom. The molecule has 1 heterocycles. The van der Waals surface area contributed by atoms with Crippen LogP contribution < -0.4 is 0 Å². The van der Waals surface area contributed by atoms with E-state index < -0.39 is 6.10 Å². The van der Waals surface area contributed by atoms with Gasteiger partial charge in [0.25, 0.3) is 0 Å². The maximum absolute atomic E-state index is 11.7. The second-order valence-corrected chi connectivity index (χ2v) is 5.64. The van der Waals surface area contributed by atoms with Crippen LogP contribution in [-0.4, -0.2) is 23.3 Å². The molecule has 0 amide bonds. The van der Waals surface area contributed by atoms with Gasteiger partial charge in [0.1, 0.15) is 6.10 Å². The van der Waals surface area contributed by atoms with E-state index in [9.17, 15) is 9.90 Å². The van der Waals surface area contributed by atoms with Gasteiger partial charge in [-0.3, -0.25) is 4.79 Å². The summed E-state index contributed by atoms with van der Waals surface area (Å²) in [6, 6.07) is 0. The molecule has 0 radical (unpaired) electrons. The van der Waals surface area contributed by atoms with E-state index in [0.717, 1.165) is 12.8 Å². The van der Waals surface area contributed by atoms with Crippen LogP contribution >= 0.6 is 0 Å². The Balaban J connectivity index is 2.30. The predicted molar refractivity (Wildman–Crippen MR) is 69.9 cm³/mol. The van der Waals surface area contributed by atoms with Gasteiger partial charge in [0, 0.05) is 5.92 Å². The zero-order valence-electron chi connectivity index (χ0n) is 11.3. The SMILES string of the molecule is C/C1=C/CC/C(C)=C/[C@H]2OC(=O)[C@@H](C)[C@@H]2[C@@H](O)C1. The van der Waals surface area contributed by atoms with Crippen molar-refractivity contribution < 1.29 is 14.6 Å². The van der Waals surface area contributed by atoms with Gasteiger partial charge in [-0.05, 0) is 39.2 Å². The van der Waals surface area contributed by atoms with E-state index in [4.69, 9.17) is 4.74 Å². The Labute approximate surface area is 109 Å². The van der Waals surface area contributed by atoms with Gasteiger partial charge < -0.3 is 9.84 Å². The molecule has 1 aliphatic heterocycles. The van der Waals surface area contributed by atoms with Gasteiger partial charge in [0.15, 0.2) is 0 Å². The number of aliphatic hydroxyl groups is 1. The van der Waals surface area contributed by atoms with Crippen LogP contribution in [0.5, 0.6) is 0 Å². The van der Waals surface area contributed by atoms with E-state index in [1.807, 2.05) is 19.9 Å². The van der Waals surface area contributed by atoms with Crippen molar-refractivity contribution >= 4 is 5.97 Å². The zero-order chi connectivity index (χ0) is 13.3. The average molecular weight is 250 g/mol. The highest BCUT2D eigenvalue weighted by Crippen LogP contribution is 2.35. The molecule has 1 N–H and O–H groups in total. The Kier molecular flexibility index (Phi) is 3.91. The highest BCUT2D eigenvalue weighted by atomic mass is 16.6. The molecule has 1 saturated heterocycles. The maximum Gasteiger partial charge on any atom is 0.309 e. The number of carbonyl (C=O) groups is 1. The molecule has 2 aliphatic rings. The highest BCUT2D eigenvalue weighted by Gasteiger charge is 2.44. The van der Waals surface area contributed by atoms with Crippen molar-refractivity contribution in [2.75, 3.05) is 0 Å². The monoisotopic (exact) mass is 250 g/mol. The topological polar surface area (TPSA) is 46.5 Å². The lowest BCUT2D eigenvalue weighted by Crippen LogP contribution is -2.31. The largest absolute Gasteiger partial charge is 0.457 e. The zero-order valence-corrected chi connectivity index (χ0v) is 11.3. The van der Waals surface area contributed by atoms with Crippen molar-refractivity contribution in [3.8, 4) is 0 Å². The molecular formula is C15H22O3. The molecule has 3 nitrogen and oxygen atoms in total. The third-order valence-electron chi connectivity index (χ3n) is 4.04. The Morgan fingerprint density at radius 3 is 2.78 bits per heavy atom. The number of rotatable bonds is 0. The summed E-state index contributed by atoms with van der Waals surface area (Å²) in [5, 5.41) is 10.3. The summed E-state index contributed by atoms with van der Waals surface area (Å²) >= 11 is 0. The van der Waals surface area contributed by atoms with E-state index in [2.05, 4.69) is 13.0 Å². The molecule has 0 aromatic carbocycles. The molecule has 18 heavy (non-hydrogen) atoms. The lowest BCUT2D eigenvalue weighted by molar-refractivity contribution is -0.142. The van der Waals surface area contributed by atoms with E-state index in [1.54, 1.807) is 0 Å². The minimum absolute atomic E-state index is 0.117. The van der Waals surface area contributed by atoms with Crippen LogP contribution in [0.4, 0.5) is 0 Å². The number of fused-ring (bicyclic) bond motifs is 1. The van der Waals surface area contributed by atoms with Crippen molar-refractivity contribution in [3.05, 3.63) is 23.3 Å². The van der Waals surface area contributed by atoms with Gasteiger partial charge in [-0.1, -0.05) is 24.1 Å². The number of esters is 1. The Bertz CT molecular complexity index is 395. The number of hydrogen-bond acceptors (Lipinski definition) is 3. The van der Waals surface area contributed by atoms with Crippen LogP contribution in [0.25, 0.3) is 0 Å². The van der Waals surface area contributed by atoms with E-state index in [-0.39, 0.29) is 23.9 Å². The molecule has 100 valence electrons. The maximum atomic E-state index is 11.7. The average Bonchev–Trinajstić information content (AvgIpc) is 2.53. The summed E-state index contributed by atoms with van der Waals surface area (Å²) in [5.41, 5.74) is 2.42. The Hall–Kier alpha value is -1.09. The molecule has 0 saturated carbocycles. The third-order valence-corrected chi connectivity index (χ3v) is 4.04. The molecule has 0 unspecified atom stereocenters. The van der Waals surface area contributed by atoms with Gasteiger partial charge in [-0.15, -0.1) is 0 Å². The van der Waals surface area contributed by atoms with Gasteiger partial charge in [0.05, 0.1) is 12.0 Å². The van der Waals surface area contributed by atoms with Gasteiger partial charge in [0.2, 0.25) is 0 Å². The predicted octanol–water partition coefficient (Wildman–Crippen LogP) is 2.60. The summed E-state index contributed by atoms with van der Waals surface area (Å²) in [6.45, 7) is 5.95. The minimum atomic E-state index is -0.505. The third kappa shape index (κ3) is 2.66. The fourth-order valence-electron chi connectivity index (χ4n) is 2.92. The molecule has 3 heteroatoms. The molecule has 0 spiro atoms. The number of allylic oxidation sites excluding steroid dienone is 2. The van der Waals surface area contributed by atoms with Crippen molar-refractivity contribution in [3.63, 3.8) is 0 Å². The van der Waals surface area contributed by atoms with Gasteiger partial charge >= 0.3 is 5.97 Å². The van der Waals surface area contributed by atoms with Crippen molar-refractivity contribution in [1.82, 2.24) is 0 Å². The minimum Gasteiger partial charge on any atom is -0.457 e. The van der Waals surface area contributed by atoms with E-state index in [1.165, 1.54) is 11.1 Å². The summed E-state index contributed by atoms with van der Waals surface area (Å²) in [6.07, 6.45) is 6.05. The van der Waals surface area contributed by atoms with Crippen LogP contribution in [-0.2, 0) is 9.53 Å². The number of hydrogen-bond donors (Lipinski definition) is 1. The quantitative estimate of drug-likeness (QED) is 0.531. The molecule has 1 aliphatic carbocycles. The smallest absolute Gasteiger partial charge is 0.309 e. The van der Waals surface area contributed by atoms with Crippen molar-refractivity contribution in [2.45, 2.75) is 52.2 Å². The van der Waals surface area contributed by atoms with E-state index >= 15 is 0 Å². The first-order chi connectivity index (χ1) is 8.49. The molecule has 2 rings (SSSR count). The second-order valence-electron chi connectivity index (χ2n) is 5.64. The molecule has 0 aromatic rings. The molecular weight excluding hydrogens is 228 g/mol. The summed E-state index contributed by atoms with van der Waals surface area (Å²) < 4.78 is 5.39. The Morgan fingerprint density at radius 2 is 2.06 bits per heavy atom. The standard InChI is InChI=1S/C15H22O3/c1-9-5-4-6-10(2)8-13-14(12(16)7-9)11(3)15(17)18-13/h5,8,11-14,16H,4,6-7H2,1-3H3/b9-5-,10-8+/t11-,12-,13+,14+/m0/s1. The molecule has 1 fully saturated rings. The van der Waals surface area contributed by atoms with Gasteiger partial charge in [-0.25, -0.2) is 0 Å². The van der Waals surface area contributed by atoms with E-state index in [0.29, 0.717) is 6.42 Å². The number of aliphatic hydroxyl groups excluding tert-OH is 1. The molecule has 4 atom stereocenters. The fraction of sp³-hybridized carbons (Fsp3) is 0.667. The fourth-order valence-corrected chi connectivity index (χ4v) is 2.92. The highest BCUT2D eigenvalue weighted by molar-refractivity contribution is 5.75. The lowest BCUT2D eigenvalue weighted by atomic mass is 9.82. The summed E-state index contributed by atoms with van der Waals surface area (Å²) in [7, 11) is 0. The van der Waals surface area contributed by atoms with Gasteiger partial charge in [-0.2, -0.15) is 0 Å². The number of ether oxygens (including phenoxy) is 1. The lowest BCUT2D eigenvalue weighted by Gasteiger charge is -2.24. The van der Waals surface area contributed by atoms with Crippen LogP contribution in [0, 0.1) is 11.8 Å².